The molecule has 4 heteroatoms. The summed E-state index contributed by atoms with van der Waals surface area (Å²) in [5.74, 6) is 1.66. The van der Waals surface area contributed by atoms with Gasteiger partial charge in [0, 0.05) is 11.4 Å². The molecular formula is C34H28N2O2. The van der Waals surface area contributed by atoms with Crippen LogP contribution in [0, 0.1) is 0 Å². The van der Waals surface area contributed by atoms with Crippen molar-refractivity contribution in [3.05, 3.63) is 133 Å². The molecule has 0 aliphatic heterocycles. The SMILES string of the molecule is COc1ccc(-n2c(-c3ccccc3)ccc2-c2ccc(-c3ccccc3)n2-c2ccc(OC)cc2)cc1. The molecule has 2 aromatic heterocycles. The van der Waals surface area contributed by atoms with E-state index in [9.17, 15) is 0 Å². The Morgan fingerprint density at radius 3 is 1.05 bits per heavy atom. The second-order valence-corrected chi connectivity index (χ2v) is 9.01. The molecule has 6 rings (SSSR count). The molecule has 0 bridgehead atoms. The second-order valence-electron chi connectivity index (χ2n) is 9.01. The Morgan fingerprint density at radius 2 is 0.711 bits per heavy atom. The minimum absolute atomic E-state index is 0.830. The number of methoxy groups -OCH3 is 2. The molecule has 0 N–H and O–H groups in total. The Kier molecular flexibility index (Phi) is 6.29. The molecule has 0 spiro atoms. The molecule has 0 aliphatic rings. The van der Waals surface area contributed by atoms with Crippen molar-refractivity contribution in [3.8, 4) is 56.8 Å². The van der Waals surface area contributed by atoms with Crippen LogP contribution in [0.15, 0.2) is 133 Å². The van der Waals surface area contributed by atoms with E-state index >= 15 is 0 Å². The second kappa shape index (κ2) is 10.2. The molecule has 2 heterocycles. The van der Waals surface area contributed by atoms with Crippen LogP contribution in [0.1, 0.15) is 0 Å². The molecule has 4 aromatic carbocycles. The van der Waals surface area contributed by atoms with E-state index in [0.717, 1.165) is 56.8 Å². The average Bonchev–Trinajstić information content (AvgIpc) is 3.63. The largest absolute Gasteiger partial charge is 0.497 e. The highest BCUT2D eigenvalue weighted by Gasteiger charge is 2.20. The maximum atomic E-state index is 5.44. The third kappa shape index (κ3) is 4.27. The molecule has 0 radical (unpaired) electrons. The number of ether oxygens (including phenoxy) is 2. The van der Waals surface area contributed by atoms with Crippen LogP contribution in [0.3, 0.4) is 0 Å². The first-order chi connectivity index (χ1) is 18.8. The van der Waals surface area contributed by atoms with E-state index in [2.05, 4.69) is 106 Å². The summed E-state index contributed by atoms with van der Waals surface area (Å²) in [7, 11) is 3.39. The topological polar surface area (TPSA) is 28.3 Å². The van der Waals surface area contributed by atoms with E-state index in [1.807, 2.05) is 36.4 Å². The van der Waals surface area contributed by atoms with Gasteiger partial charge in [0.2, 0.25) is 0 Å². The van der Waals surface area contributed by atoms with E-state index in [4.69, 9.17) is 9.47 Å². The lowest BCUT2D eigenvalue weighted by atomic mass is 10.1. The van der Waals surface area contributed by atoms with Gasteiger partial charge in [-0.2, -0.15) is 0 Å². The first kappa shape index (κ1) is 23.4. The third-order valence-electron chi connectivity index (χ3n) is 6.82. The maximum Gasteiger partial charge on any atom is 0.119 e. The molecular weight excluding hydrogens is 468 g/mol. The maximum absolute atomic E-state index is 5.44. The third-order valence-corrected chi connectivity index (χ3v) is 6.82. The van der Waals surface area contributed by atoms with Crippen molar-refractivity contribution in [2.75, 3.05) is 14.2 Å². The highest BCUT2D eigenvalue weighted by molar-refractivity contribution is 5.77. The molecule has 0 aliphatic carbocycles. The Hall–Kier alpha value is -4.96. The lowest BCUT2D eigenvalue weighted by Gasteiger charge is -2.18. The van der Waals surface area contributed by atoms with Gasteiger partial charge in [-0.05, 0) is 83.9 Å². The molecule has 0 atom stereocenters. The van der Waals surface area contributed by atoms with Gasteiger partial charge in [0.15, 0.2) is 0 Å². The van der Waals surface area contributed by atoms with Gasteiger partial charge in [0.1, 0.15) is 11.5 Å². The summed E-state index contributed by atoms with van der Waals surface area (Å²) in [4.78, 5) is 0. The van der Waals surface area contributed by atoms with Crippen LogP contribution in [0.2, 0.25) is 0 Å². The standard InChI is InChI=1S/C34H28N2O2/c1-37-29-17-13-27(14-18-29)35-31(25-9-5-3-6-10-25)21-23-33(35)34-24-22-32(26-11-7-4-8-12-26)36(34)28-15-19-30(38-2)20-16-28/h3-24H,1-2H3. The normalized spacial score (nSPS) is 10.9. The summed E-state index contributed by atoms with van der Waals surface area (Å²) in [6.45, 7) is 0. The highest BCUT2D eigenvalue weighted by atomic mass is 16.5. The van der Waals surface area contributed by atoms with Gasteiger partial charge in [-0.25, -0.2) is 0 Å². The molecule has 38 heavy (non-hydrogen) atoms. The molecule has 0 amide bonds. The van der Waals surface area contributed by atoms with Gasteiger partial charge in [0.25, 0.3) is 0 Å². The Morgan fingerprint density at radius 1 is 0.368 bits per heavy atom. The van der Waals surface area contributed by atoms with Gasteiger partial charge in [0.05, 0.1) is 37.0 Å². The smallest absolute Gasteiger partial charge is 0.119 e. The van der Waals surface area contributed by atoms with Crippen molar-refractivity contribution < 1.29 is 9.47 Å². The zero-order valence-corrected chi connectivity index (χ0v) is 21.4. The van der Waals surface area contributed by atoms with E-state index in [1.165, 1.54) is 0 Å². The zero-order chi connectivity index (χ0) is 25.9. The van der Waals surface area contributed by atoms with E-state index < -0.39 is 0 Å². The fourth-order valence-electron chi connectivity index (χ4n) is 4.96. The summed E-state index contributed by atoms with van der Waals surface area (Å²) in [5, 5.41) is 0. The van der Waals surface area contributed by atoms with Crippen molar-refractivity contribution in [2.45, 2.75) is 0 Å². The minimum atomic E-state index is 0.830. The van der Waals surface area contributed by atoms with Crippen LogP contribution in [-0.4, -0.2) is 23.4 Å². The number of nitrogens with zero attached hydrogens (tertiary/aromatic N) is 2. The van der Waals surface area contributed by atoms with Crippen LogP contribution >= 0.6 is 0 Å². The molecule has 0 saturated carbocycles. The molecule has 0 saturated heterocycles. The average molecular weight is 497 g/mol. The van der Waals surface area contributed by atoms with Crippen LogP contribution in [-0.2, 0) is 0 Å². The van der Waals surface area contributed by atoms with Gasteiger partial charge in [-0.3, -0.25) is 0 Å². The Labute approximate surface area is 223 Å². The monoisotopic (exact) mass is 496 g/mol. The summed E-state index contributed by atoms with van der Waals surface area (Å²) in [5.41, 5.74) is 8.85. The van der Waals surface area contributed by atoms with Gasteiger partial charge < -0.3 is 18.6 Å². The zero-order valence-electron chi connectivity index (χ0n) is 21.4. The highest BCUT2D eigenvalue weighted by Crippen LogP contribution is 2.37. The number of aromatic nitrogens is 2. The first-order valence-corrected chi connectivity index (χ1v) is 12.6. The van der Waals surface area contributed by atoms with E-state index in [1.54, 1.807) is 14.2 Å². The van der Waals surface area contributed by atoms with Gasteiger partial charge in [-0.15, -0.1) is 0 Å². The predicted octanol–water partition coefficient (Wildman–Crippen LogP) is 8.29. The fourth-order valence-corrected chi connectivity index (χ4v) is 4.96. The van der Waals surface area contributed by atoms with Gasteiger partial charge >= 0.3 is 0 Å². The number of benzene rings is 4. The van der Waals surface area contributed by atoms with Crippen molar-refractivity contribution in [1.29, 1.82) is 0 Å². The van der Waals surface area contributed by atoms with E-state index in [0.29, 0.717) is 0 Å². The molecule has 186 valence electrons. The van der Waals surface area contributed by atoms with E-state index in [-0.39, 0.29) is 0 Å². The Balaban J connectivity index is 1.61. The number of rotatable bonds is 7. The van der Waals surface area contributed by atoms with Crippen LogP contribution < -0.4 is 9.47 Å². The number of hydrogen-bond acceptors (Lipinski definition) is 2. The summed E-state index contributed by atoms with van der Waals surface area (Å²) in [6, 6.07) is 46.2. The van der Waals surface area contributed by atoms with Crippen LogP contribution in [0.25, 0.3) is 45.3 Å². The summed E-state index contributed by atoms with van der Waals surface area (Å²) >= 11 is 0. The Bertz CT molecular complexity index is 1520. The fraction of sp³-hybridized carbons (Fsp3) is 0.0588. The summed E-state index contributed by atoms with van der Waals surface area (Å²) in [6.07, 6.45) is 0. The van der Waals surface area contributed by atoms with Crippen molar-refractivity contribution in [3.63, 3.8) is 0 Å². The molecule has 4 nitrogen and oxygen atoms in total. The summed E-state index contributed by atoms with van der Waals surface area (Å²) < 4.78 is 15.5. The quantitative estimate of drug-likeness (QED) is 0.222. The molecule has 6 aromatic rings. The molecule has 0 unspecified atom stereocenters. The number of hydrogen-bond donors (Lipinski definition) is 0. The van der Waals surface area contributed by atoms with Gasteiger partial charge in [-0.1, -0.05) is 60.7 Å². The van der Waals surface area contributed by atoms with Crippen molar-refractivity contribution in [2.24, 2.45) is 0 Å². The minimum Gasteiger partial charge on any atom is -0.497 e. The lowest BCUT2D eigenvalue weighted by Crippen LogP contribution is -2.04. The lowest BCUT2D eigenvalue weighted by molar-refractivity contribution is 0.414. The predicted molar refractivity (Wildman–Crippen MR) is 155 cm³/mol. The van der Waals surface area contributed by atoms with Crippen molar-refractivity contribution >= 4 is 0 Å². The molecule has 0 fully saturated rings. The first-order valence-electron chi connectivity index (χ1n) is 12.6. The van der Waals surface area contributed by atoms with Crippen molar-refractivity contribution in [1.82, 2.24) is 9.13 Å². The van der Waals surface area contributed by atoms with Crippen LogP contribution in [0.4, 0.5) is 0 Å². The van der Waals surface area contributed by atoms with Crippen LogP contribution in [0.5, 0.6) is 11.5 Å².